The Kier molecular flexibility index (Phi) is 4.87. The summed E-state index contributed by atoms with van der Waals surface area (Å²) in [7, 11) is 0. The number of hydrogen-bond donors (Lipinski definition) is 3. The molecule has 0 spiro atoms. The van der Waals surface area contributed by atoms with E-state index in [1.54, 1.807) is 30.9 Å². The fourth-order valence-electron chi connectivity index (χ4n) is 1.58. The van der Waals surface area contributed by atoms with Crippen LogP contribution in [0.1, 0.15) is 21.7 Å². The first-order chi connectivity index (χ1) is 9.79. The van der Waals surface area contributed by atoms with Crippen LogP contribution in [0.15, 0.2) is 30.9 Å². The van der Waals surface area contributed by atoms with Crippen LogP contribution in [0, 0.1) is 11.8 Å². The number of pyridine rings is 1. The van der Waals surface area contributed by atoms with E-state index in [1.165, 1.54) is 0 Å². The van der Waals surface area contributed by atoms with E-state index in [4.69, 9.17) is 5.73 Å². The Bertz CT molecular complexity index is 607. The number of carbonyl (C=O) groups excluding carboxylic acids is 1. The van der Waals surface area contributed by atoms with Gasteiger partial charge < -0.3 is 16.0 Å². The second-order valence-corrected chi connectivity index (χ2v) is 4.02. The van der Waals surface area contributed by atoms with Gasteiger partial charge in [-0.1, -0.05) is 11.8 Å². The van der Waals surface area contributed by atoms with E-state index in [0.29, 0.717) is 25.2 Å². The average molecular weight is 269 g/mol. The number of rotatable bonds is 4. The Hall–Kier alpha value is -2.65. The predicted molar refractivity (Wildman–Crippen MR) is 74.8 cm³/mol. The number of hydrogen-bond acceptors (Lipinski definition) is 4. The zero-order valence-electron chi connectivity index (χ0n) is 10.9. The molecular formula is C14H15N5O. The summed E-state index contributed by atoms with van der Waals surface area (Å²) in [5.74, 6) is 5.38. The van der Waals surface area contributed by atoms with Crippen LogP contribution < -0.4 is 11.1 Å². The van der Waals surface area contributed by atoms with Crippen molar-refractivity contribution >= 4 is 5.91 Å². The molecule has 0 aliphatic rings. The van der Waals surface area contributed by atoms with Gasteiger partial charge in [-0.05, 0) is 12.1 Å². The average Bonchev–Trinajstić information content (AvgIpc) is 2.99. The second kappa shape index (κ2) is 7.07. The van der Waals surface area contributed by atoms with E-state index in [1.807, 2.05) is 0 Å². The molecule has 0 bridgehead atoms. The molecule has 2 aromatic heterocycles. The third-order valence-electron chi connectivity index (χ3n) is 2.57. The zero-order chi connectivity index (χ0) is 14.2. The lowest BCUT2D eigenvalue weighted by Crippen LogP contribution is -2.26. The van der Waals surface area contributed by atoms with Gasteiger partial charge in [0.05, 0.1) is 12.9 Å². The summed E-state index contributed by atoms with van der Waals surface area (Å²) < 4.78 is 0. The number of H-pyrrole nitrogens is 1. The highest BCUT2D eigenvalue weighted by atomic mass is 16.1. The van der Waals surface area contributed by atoms with Crippen LogP contribution in [0.2, 0.25) is 0 Å². The highest BCUT2D eigenvalue weighted by Crippen LogP contribution is 1.99. The Morgan fingerprint density at radius 2 is 2.30 bits per heavy atom. The molecule has 0 saturated heterocycles. The molecule has 0 fully saturated rings. The largest absolute Gasteiger partial charge is 0.350 e. The first-order valence-electron chi connectivity index (χ1n) is 6.20. The number of aromatic amines is 1. The molecule has 2 aromatic rings. The molecule has 20 heavy (non-hydrogen) atoms. The van der Waals surface area contributed by atoms with E-state index < -0.39 is 0 Å². The fourth-order valence-corrected chi connectivity index (χ4v) is 1.58. The standard InChI is InChI=1S/C14H15N5O/c15-6-1-2-11-3-4-13(18-8-11)14(20)17-7-5-12-9-16-10-19-12/h3-4,8-10H,5-7,15H2,(H,16,19)(H,17,20). The molecule has 0 aliphatic heterocycles. The van der Waals surface area contributed by atoms with Gasteiger partial charge in [0.2, 0.25) is 0 Å². The van der Waals surface area contributed by atoms with Crippen LogP contribution in [-0.2, 0) is 6.42 Å². The number of nitrogens with two attached hydrogens (primary N) is 1. The van der Waals surface area contributed by atoms with Crippen molar-refractivity contribution in [2.45, 2.75) is 6.42 Å². The van der Waals surface area contributed by atoms with Crippen molar-refractivity contribution in [3.05, 3.63) is 47.8 Å². The molecule has 0 atom stereocenters. The summed E-state index contributed by atoms with van der Waals surface area (Å²) in [5.41, 5.74) is 7.37. The highest BCUT2D eigenvalue weighted by molar-refractivity contribution is 5.92. The number of aromatic nitrogens is 3. The van der Waals surface area contributed by atoms with Gasteiger partial charge in [-0.2, -0.15) is 0 Å². The van der Waals surface area contributed by atoms with E-state index in [0.717, 1.165) is 11.3 Å². The van der Waals surface area contributed by atoms with Crippen molar-refractivity contribution in [2.24, 2.45) is 5.73 Å². The van der Waals surface area contributed by atoms with E-state index in [9.17, 15) is 4.79 Å². The third-order valence-corrected chi connectivity index (χ3v) is 2.57. The summed E-state index contributed by atoms with van der Waals surface area (Å²) in [6, 6.07) is 3.39. The monoisotopic (exact) mass is 269 g/mol. The first kappa shape index (κ1) is 13.8. The minimum Gasteiger partial charge on any atom is -0.350 e. The van der Waals surface area contributed by atoms with Crippen molar-refractivity contribution in [2.75, 3.05) is 13.1 Å². The summed E-state index contributed by atoms with van der Waals surface area (Å²) in [6.45, 7) is 0.827. The lowest BCUT2D eigenvalue weighted by molar-refractivity contribution is 0.0949. The number of nitrogens with one attached hydrogen (secondary N) is 2. The molecule has 2 rings (SSSR count). The molecular weight excluding hydrogens is 254 g/mol. The molecule has 2 heterocycles. The van der Waals surface area contributed by atoms with Crippen molar-refractivity contribution < 1.29 is 4.79 Å². The first-order valence-corrected chi connectivity index (χ1v) is 6.20. The zero-order valence-corrected chi connectivity index (χ0v) is 10.9. The Balaban J connectivity index is 1.85. The van der Waals surface area contributed by atoms with E-state index >= 15 is 0 Å². The molecule has 102 valence electrons. The Labute approximate surface area is 116 Å². The summed E-state index contributed by atoms with van der Waals surface area (Å²) in [5, 5.41) is 2.79. The quantitative estimate of drug-likeness (QED) is 0.685. The van der Waals surface area contributed by atoms with Crippen molar-refractivity contribution in [3.63, 3.8) is 0 Å². The molecule has 1 amide bonds. The summed E-state index contributed by atoms with van der Waals surface area (Å²) in [4.78, 5) is 22.8. The van der Waals surface area contributed by atoms with Gasteiger partial charge in [-0.15, -0.1) is 0 Å². The normalized spacial score (nSPS) is 9.65. The Morgan fingerprint density at radius 3 is 2.95 bits per heavy atom. The van der Waals surface area contributed by atoms with Gasteiger partial charge in [0, 0.05) is 36.6 Å². The molecule has 0 aromatic carbocycles. The lowest BCUT2D eigenvalue weighted by atomic mass is 10.2. The molecule has 6 heteroatoms. The number of amides is 1. The molecule has 6 nitrogen and oxygen atoms in total. The maximum Gasteiger partial charge on any atom is 0.269 e. The van der Waals surface area contributed by atoms with Crippen LogP contribution in [0.3, 0.4) is 0 Å². The number of carbonyl (C=O) groups is 1. The third kappa shape index (κ3) is 3.93. The van der Waals surface area contributed by atoms with Crippen LogP contribution in [0.4, 0.5) is 0 Å². The van der Waals surface area contributed by atoms with Crippen molar-refractivity contribution in [1.82, 2.24) is 20.3 Å². The van der Waals surface area contributed by atoms with Gasteiger partial charge in [0.15, 0.2) is 0 Å². The van der Waals surface area contributed by atoms with E-state index in [2.05, 4.69) is 32.1 Å². The van der Waals surface area contributed by atoms with Crippen LogP contribution >= 0.6 is 0 Å². The van der Waals surface area contributed by atoms with Gasteiger partial charge in [0.1, 0.15) is 5.69 Å². The lowest BCUT2D eigenvalue weighted by Gasteiger charge is -2.03. The van der Waals surface area contributed by atoms with Crippen LogP contribution in [-0.4, -0.2) is 33.9 Å². The van der Waals surface area contributed by atoms with Crippen molar-refractivity contribution in [3.8, 4) is 11.8 Å². The van der Waals surface area contributed by atoms with Crippen LogP contribution in [0.25, 0.3) is 0 Å². The number of imidazole rings is 1. The van der Waals surface area contributed by atoms with Gasteiger partial charge >= 0.3 is 0 Å². The van der Waals surface area contributed by atoms with Gasteiger partial charge in [0.25, 0.3) is 5.91 Å². The Morgan fingerprint density at radius 1 is 1.40 bits per heavy atom. The van der Waals surface area contributed by atoms with Crippen LogP contribution in [0.5, 0.6) is 0 Å². The maximum absolute atomic E-state index is 11.8. The molecule has 0 radical (unpaired) electrons. The smallest absolute Gasteiger partial charge is 0.269 e. The predicted octanol–water partition coefficient (Wildman–Crippen LogP) is 0.0874. The summed E-state index contributed by atoms with van der Waals surface area (Å²) in [6.07, 6.45) is 5.60. The molecule has 4 N–H and O–H groups in total. The summed E-state index contributed by atoms with van der Waals surface area (Å²) >= 11 is 0. The van der Waals surface area contributed by atoms with Gasteiger partial charge in [-0.25, -0.2) is 9.97 Å². The molecule has 0 unspecified atom stereocenters. The van der Waals surface area contributed by atoms with Gasteiger partial charge in [-0.3, -0.25) is 4.79 Å². The minimum absolute atomic E-state index is 0.206. The highest BCUT2D eigenvalue weighted by Gasteiger charge is 2.06. The molecule has 0 saturated carbocycles. The fraction of sp³-hybridized carbons (Fsp3) is 0.214. The topological polar surface area (TPSA) is 96.7 Å². The minimum atomic E-state index is -0.206. The number of nitrogens with zero attached hydrogens (tertiary/aromatic N) is 2. The van der Waals surface area contributed by atoms with Crippen molar-refractivity contribution in [1.29, 1.82) is 0 Å². The SMILES string of the molecule is NCC#Cc1ccc(C(=O)NCCc2cnc[nH]2)nc1. The van der Waals surface area contributed by atoms with E-state index in [-0.39, 0.29) is 5.91 Å². The molecule has 0 aliphatic carbocycles. The second-order valence-electron chi connectivity index (χ2n) is 4.02. The maximum atomic E-state index is 11.8.